The molecule has 0 atom stereocenters. The minimum Gasteiger partial charge on any atom is -0.369 e. The van der Waals surface area contributed by atoms with Gasteiger partial charge in [-0.2, -0.15) is 4.99 Å². The first-order valence-corrected chi connectivity index (χ1v) is 7.57. The summed E-state index contributed by atoms with van der Waals surface area (Å²) in [6.07, 6.45) is 0. The van der Waals surface area contributed by atoms with Gasteiger partial charge in [0, 0.05) is 23.1 Å². The number of aliphatic imine (C=N–C) groups is 1. The van der Waals surface area contributed by atoms with E-state index in [1.807, 2.05) is 31.2 Å². The number of nitro benzene ring substituents is 1. The van der Waals surface area contributed by atoms with Crippen LogP contribution in [-0.2, 0) is 0 Å². The van der Waals surface area contributed by atoms with Crippen molar-refractivity contribution in [2.75, 3.05) is 0 Å². The lowest BCUT2D eigenvalue weighted by Crippen LogP contribution is -2.36. The number of hydrogen-bond acceptors (Lipinski definition) is 6. The second-order valence-corrected chi connectivity index (χ2v) is 5.38. The summed E-state index contributed by atoms with van der Waals surface area (Å²) in [5.74, 6) is -0.593. The van der Waals surface area contributed by atoms with Crippen LogP contribution in [0.1, 0.15) is 16.1 Å². The lowest BCUT2D eigenvalue weighted by molar-refractivity contribution is -0.384. The van der Waals surface area contributed by atoms with Gasteiger partial charge in [0.25, 0.3) is 17.5 Å². The van der Waals surface area contributed by atoms with Crippen LogP contribution in [-0.4, -0.2) is 26.8 Å². The third-order valence-corrected chi connectivity index (χ3v) is 3.58. The minimum atomic E-state index is -0.545. The van der Waals surface area contributed by atoms with Crippen LogP contribution in [0.5, 0.6) is 0 Å². The van der Waals surface area contributed by atoms with Crippen LogP contribution in [0.3, 0.4) is 0 Å². The number of benzene rings is 2. The van der Waals surface area contributed by atoms with E-state index >= 15 is 0 Å². The highest BCUT2D eigenvalue weighted by atomic mass is 16.6. The molecule has 3 N–H and O–H groups in total. The summed E-state index contributed by atoms with van der Waals surface area (Å²) in [6, 6.07) is 12.6. The number of carbonyl (C=O) groups excluding carboxylic acids is 1. The van der Waals surface area contributed by atoms with E-state index in [9.17, 15) is 14.9 Å². The van der Waals surface area contributed by atoms with Gasteiger partial charge in [0.1, 0.15) is 0 Å². The Morgan fingerprint density at radius 2 is 1.85 bits per heavy atom. The molecule has 1 heterocycles. The van der Waals surface area contributed by atoms with Crippen molar-refractivity contribution >= 4 is 34.4 Å². The Morgan fingerprint density at radius 3 is 2.54 bits per heavy atom. The topological polar surface area (TPSA) is 136 Å². The highest BCUT2D eigenvalue weighted by Gasteiger charge is 2.11. The van der Waals surface area contributed by atoms with Gasteiger partial charge in [0.05, 0.1) is 16.1 Å². The molecule has 0 bridgehead atoms. The van der Waals surface area contributed by atoms with E-state index in [-0.39, 0.29) is 23.2 Å². The van der Waals surface area contributed by atoms with E-state index in [0.717, 1.165) is 11.1 Å². The second-order valence-electron chi connectivity index (χ2n) is 5.38. The highest BCUT2D eigenvalue weighted by Crippen LogP contribution is 2.17. The maximum Gasteiger partial charge on any atom is 0.269 e. The summed E-state index contributed by atoms with van der Waals surface area (Å²) < 4.78 is 0. The number of hydrogen-bond donors (Lipinski definition) is 2. The van der Waals surface area contributed by atoms with Crippen molar-refractivity contribution in [1.82, 2.24) is 15.3 Å². The Bertz CT molecular complexity index is 1030. The van der Waals surface area contributed by atoms with Crippen LogP contribution < -0.4 is 11.1 Å². The number of non-ortho nitro benzene ring substituents is 1. The number of rotatable bonds is 3. The van der Waals surface area contributed by atoms with Crippen LogP contribution in [0.15, 0.2) is 53.5 Å². The van der Waals surface area contributed by atoms with Gasteiger partial charge in [0.15, 0.2) is 0 Å². The predicted octanol–water partition coefficient (Wildman–Crippen LogP) is 2.22. The quantitative estimate of drug-likeness (QED) is 0.322. The SMILES string of the molecule is Cc1nc(/N=C(\N)NC(=O)c2ccc([N+](=O)[O-])cc2)nc2ccccc12. The van der Waals surface area contributed by atoms with E-state index in [4.69, 9.17) is 5.73 Å². The van der Waals surface area contributed by atoms with E-state index in [0.29, 0.717) is 5.52 Å². The Hall–Kier alpha value is -3.88. The van der Waals surface area contributed by atoms with E-state index in [1.54, 1.807) is 0 Å². The molecule has 3 rings (SSSR count). The summed E-state index contributed by atoms with van der Waals surface area (Å²) in [4.78, 5) is 34.8. The molecule has 3 aromatic rings. The van der Waals surface area contributed by atoms with Gasteiger partial charge < -0.3 is 5.73 Å². The number of aromatic nitrogens is 2. The van der Waals surface area contributed by atoms with E-state index < -0.39 is 10.8 Å². The number of nitrogens with zero attached hydrogens (tertiary/aromatic N) is 4. The lowest BCUT2D eigenvalue weighted by Gasteiger charge is -2.05. The molecular weight excluding hydrogens is 336 g/mol. The molecule has 0 saturated heterocycles. The smallest absolute Gasteiger partial charge is 0.269 e. The number of aryl methyl sites for hydroxylation is 1. The fourth-order valence-electron chi connectivity index (χ4n) is 2.33. The zero-order valence-corrected chi connectivity index (χ0v) is 13.7. The molecule has 0 fully saturated rings. The summed E-state index contributed by atoms with van der Waals surface area (Å²) in [7, 11) is 0. The molecule has 9 nitrogen and oxygen atoms in total. The van der Waals surface area contributed by atoms with E-state index in [1.165, 1.54) is 24.3 Å². The van der Waals surface area contributed by atoms with Crippen LogP contribution >= 0.6 is 0 Å². The van der Waals surface area contributed by atoms with Crippen molar-refractivity contribution in [1.29, 1.82) is 0 Å². The molecule has 0 aliphatic heterocycles. The van der Waals surface area contributed by atoms with Crippen molar-refractivity contribution in [3.8, 4) is 0 Å². The number of fused-ring (bicyclic) bond motifs is 1. The highest BCUT2D eigenvalue weighted by molar-refractivity contribution is 6.05. The molecule has 1 amide bonds. The van der Waals surface area contributed by atoms with Gasteiger partial charge >= 0.3 is 0 Å². The molecule has 0 aliphatic rings. The van der Waals surface area contributed by atoms with Crippen LogP contribution in [0.4, 0.5) is 11.6 Å². The molecule has 0 unspecified atom stereocenters. The van der Waals surface area contributed by atoms with E-state index in [2.05, 4.69) is 20.3 Å². The number of guanidine groups is 1. The first-order valence-electron chi connectivity index (χ1n) is 7.57. The van der Waals surface area contributed by atoms with Gasteiger partial charge in [-0.3, -0.25) is 20.2 Å². The molecule has 9 heteroatoms. The largest absolute Gasteiger partial charge is 0.369 e. The van der Waals surface area contributed by atoms with Crippen molar-refractivity contribution in [3.05, 3.63) is 69.9 Å². The maximum absolute atomic E-state index is 12.1. The number of para-hydroxylation sites is 1. The third-order valence-electron chi connectivity index (χ3n) is 3.58. The Morgan fingerprint density at radius 1 is 1.15 bits per heavy atom. The van der Waals surface area contributed by atoms with Gasteiger partial charge in [-0.25, -0.2) is 9.97 Å². The van der Waals surface area contributed by atoms with Crippen molar-refractivity contribution in [2.24, 2.45) is 10.7 Å². The molecule has 0 saturated carbocycles. The molecule has 130 valence electrons. The minimum absolute atomic E-state index is 0.108. The molecule has 2 aromatic carbocycles. The average molecular weight is 350 g/mol. The summed E-state index contributed by atoms with van der Waals surface area (Å²) in [5, 5.41) is 13.9. The van der Waals surface area contributed by atoms with Gasteiger partial charge in [-0.1, -0.05) is 18.2 Å². The molecule has 0 radical (unpaired) electrons. The monoisotopic (exact) mass is 350 g/mol. The van der Waals surface area contributed by atoms with Gasteiger partial charge in [-0.15, -0.1) is 0 Å². The Labute approximate surface area is 147 Å². The first kappa shape index (κ1) is 17.0. The summed E-state index contributed by atoms with van der Waals surface area (Å²) >= 11 is 0. The first-order chi connectivity index (χ1) is 12.4. The summed E-state index contributed by atoms with van der Waals surface area (Å²) in [5.41, 5.74) is 7.31. The molecular formula is C17H14N6O3. The fourth-order valence-corrected chi connectivity index (χ4v) is 2.33. The number of nitrogens with two attached hydrogens (primary N) is 1. The molecule has 0 spiro atoms. The molecule has 26 heavy (non-hydrogen) atoms. The lowest BCUT2D eigenvalue weighted by atomic mass is 10.2. The van der Waals surface area contributed by atoms with Gasteiger partial charge in [-0.05, 0) is 25.1 Å². The van der Waals surface area contributed by atoms with Crippen LogP contribution in [0.25, 0.3) is 10.9 Å². The Kier molecular flexibility index (Phi) is 4.52. The van der Waals surface area contributed by atoms with Crippen LogP contribution in [0, 0.1) is 17.0 Å². The molecule has 1 aromatic heterocycles. The predicted molar refractivity (Wildman–Crippen MR) is 96.1 cm³/mol. The van der Waals surface area contributed by atoms with Crippen molar-refractivity contribution in [2.45, 2.75) is 6.92 Å². The molecule has 0 aliphatic carbocycles. The van der Waals surface area contributed by atoms with Crippen molar-refractivity contribution in [3.63, 3.8) is 0 Å². The normalized spacial score (nSPS) is 11.3. The van der Waals surface area contributed by atoms with Crippen LogP contribution in [0.2, 0.25) is 0 Å². The number of nitrogens with one attached hydrogen (secondary N) is 1. The van der Waals surface area contributed by atoms with Gasteiger partial charge in [0.2, 0.25) is 5.96 Å². The zero-order chi connectivity index (χ0) is 18.7. The summed E-state index contributed by atoms with van der Waals surface area (Å²) in [6.45, 7) is 1.83. The Balaban J connectivity index is 1.79. The standard InChI is InChI=1S/C17H14N6O3/c1-10-13-4-2-3-5-14(13)20-17(19-10)22-16(18)21-15(24)11-6-8-12(9-7-11)23(25)26/h2-9H,1H3,(H3,18,19,20,21,22,24). The maximum atomic E-state index is 12.1. The zero-order valence-electron chi connectivity index (χ0n) is 13.7. The fraction of sp³-hybridized carbons (Fsp3) is 0.0588. The number of nitro groups is 1. The average Bonchev–Trinajstić information content (AvgIpc) is 2.61. The second kappa shape index (κ2) is 6.93. The number of amides is 1. The van der Waals surface area contributed by atoms with Crippen molar-refractivity contribution < 1.29 is 9.72 Å². The number of carbonyl (C=O) groups is 1. The third kappa shape index (κ3) is 3.61.